The molecule has 0 saturated carbocycles. The van der Waals surface area contributed by atoms with Crippen molar-refractivity contribution in [1.82, 2.24) is 4.90 Å². The van der Waals surface area contributed by atoms with Gasteiger partial charge in [-0.05, 0) is 37.0 Å². The van der Waals surface area contributed by atoms with Gasteiger partial charge in [0.25, 0.3) is 5.91 Å². The van der Waals surface area contributed by atoms with Crippen LogP contribution in [0.25, 0.3) is 0 Å². The largest absolute Gasteiger partial charge is 0.398 e. The van der Waals surface area contributed by atoms with Crippen LogP contribution in [-0.2, 0) is 0 Å². The van der Waals surface area contributed by atoms with Crippen molar-refractivity contribution in [2.45, 2.75) is 19.8 Å². The monoisotopic (exact) mass is 252 g/mol. The Morgan fingerprint density at radius 1 is 1.53 bits per heavy atom. The van der Waals surface area contributed by atoms with Gasteiger partial charge in [-0.1, -0.05) is 18.5 Å². The van der Waals surface area contributed by atoms with E-state index in [1.54, 1.807) is 18.2 Å². The zero-order chi connectivity index (χ0) is 12.4. The lowest BCUT2D eigenvalue weighted by molar-refractivity contribution is 0.0684. The summed E-state index contributed by atoms with van der Waals surface area (Å²) in [6, 6.07) is 5.04. The van der Waals surface area contributed by atoms with Gasteiger partial charge in [0, 0.05) is 23.8 Å². The average Bonchev–Trinajstić information content (AvgIpc) is 2.28. The van der Waals surface area contributed by atoms with Crippen LogP contribution < -0.4 is 5.73 Å². The molecule has 3 nitrogen and oxygen atoms in total. The number of halogens is 1. The van der Waals surface area contributed by atoms with Gasteiger partial charge in [-0.15, -0.1) is 0 Å². The fourth-order valence-corrected chi connectivity index (χ4v) is 2.45. The van der Waals surface area contributed by atoms with Gasteiger partial charge in [-0.25, -0.2) is 0 Å². The highest BCUT2D eigenvalue weighted by Crippen LogP contribution is 2.22. The molecule has 2 N–H and O–H groups in total. The summed E-state index contributed by atoms with van der Waals surface area (Å²) >= 11 is 5.83. The van der Waals surface area contributed by atoms with Crippen LogP contribution in [-0.4, -0.2) is 23.9 Å². The number of anilines is 1. The van der Waals surface area contributed by atoms with Crippen LogP contribution in [0, 0.1) is 5.92 Å². The molecule has 0 unspecified atom stereocenters. The summed E-state index contributed by atoms with van der Waals surface area (Å²) in [5.41, 5.74) is 6.85. The zero-order valence-corrected chi connectivity index (χ0v) is 10.7. The number of rotatable bonds is 1. The highest BCUT2D eigenvalue weighted by Gasteiger charge is 2.23. The second-order valence-corrected chi connectivity index (χ2v) is 5.17. The Bertz CT molecular complexity index is 433. The van der Waals surface area contributed by atoms with E-state index in [1.807, 2.05) is 4.90 Å². The van der Waals surface area contributed by atoms with Gasteiger partial charge >= 0.3 is 0 Å². The normalized spacial score (nSPS) is 20.4. The number of hydrogen-bond donors (Lipinski definition) is 1. The first kappa shape index (κ1) is 12.2. The molecular weight excluding hydrogens is 236 g/mol. The third-order valence-electron chi connectivity index (χ3n) is 3.19. The molecule has 0 bridgehead atoms. The van der Waals surface area contributed by atoms with E-state index in [0.29, 0.717) is 22.2 Å². The molecule has 4 heteroatoms. The Kier molecular flexibility index (Phi) is 3.57. The van der Waals surface area contributed by atoms with Crippen LogP contribution in [0.2, 0.25) is 5.02 Å². The summed E-state index contributed by atoms with van der Waals surface area (Å²) in [5.74, 6) is 0.590. The molecule has 1 saturated heterocycles. The van der Waals surface area contributed by atoms with Crippen molar-refractivity contribution >= 4 is 23.2 Å². The number of carbonyl (C=O) groups is 1. The molecule has 1 atom stereocenters. The van der Waals surface area contributed by atoms with Crippen molar-refractivity contribution in [1.29, 1.82) is 0 Å². The van der Waals surface area contributed by atoms with Crippen molar-refractivity contribution in [2.75, 3.05) is 18.8 Å². The van der Waals surface area contributed by atoms with E-state index in [0.717, 1.165) is 19.5 Å². The maximum atomic E-state index is 12.3. The lowest BCUT2D eigenvalue weighted by Crippen LogP contribution is -2.39. The van der Waals surface area contributed by atoms with Gasteiger partial charge in [-0.2, -0.15) is 0 Å². The van der Waals surface area contributed by atoms with Gasteiger partial charge in [0.05, 0.1) is 5.56 Å². The number of likely N-dealkylation sites (tertiary alicyclic amines) is 1. The summed E-state index contributed by atoms with van der Waals surface area (Å²) in [6.45, 7) is 3.82. The van der Waals surface area contributed by atoms with Gasteiger partial charge in [0.15, 0.2) is 0 Å². The Morgan fingerprint density at radius 3 is 2.94 bits per heavy atom. The molecular formula is C13H17ClN2O. The van der Waals surface area contributed by atoms with Crippen molar-refractivity contribution in [2.24, 2.45) is 5.92 Å². The lowest BCUT2D eigenvalue weighted by atomic mass is 9.99. The first-order valence-electron chi connectivity index (χ1n) is 5.92. The summed E-state index contributed by atoms with van der Waals surface area (Å²) in [6.07, 6.45) is 2.26. The smallest absolute Gasteiger partial charge is 0.255 e. The van der Waals surface area contributed by atoms with Crippen molar-refractivity contribution in [3.05, 3.63) is 28.8 Å². The predicted molar refractivity (Wildman–Crippen MR) is 70.2 cm³/mol. The van der Waals surface area contributed by atoms with Crippen LogP contribution in [0.15, 0.2) is 18.2 Å². The Labute approximate surface area is 107 Å². The Morgan fingerprint density at radius 2 is 2.29 bits per heavy atom. The molecule has 0 radical (unpaired) electrons. The quantitative estimate of drug-likeness (QED) is 0.782. The molecule has 1 heterocycles. The molecule has 92 valence electrons. The average molecular weight is 253 g/mol. The standard InChI is InChI=1S/C13H17ClN2O/c1-9-3-2-6-16(8-9)13(17)11-5-4-10(14)7-12(11)15/h4-5,7,9H,2-3,6,8,15H2,1H3/t9-/m0/s1. The first-order valence-corrected chi connectivity index (χ1v) is 6.30. The fraction of sp³-hybridized carbons (Fsp3) is 0.462. The highest BCUT2D eigenvalue weighted by molar-refractivity contribution is 6.31. The molecule has 0 aromatic heterocycles. The second-order valence-electron chi connectivity index (χ2n) is 4.73. The summed E-state index contributed by atoms with van der Waals surface area (Å²) in [7, 11) is 0. The van der Waals surface area contributed by atoms with Crippen LogP contribution in [0.3, 0.4) is 0 Å². The Hall–Kier alpha value is -1.22. The number of carbonyl (C=O) groups excluding carboxylic acids is 1. The minimum absolute atomic E-state index is 0.0192. The number of nitrogens with zero attached hydrogens (tertiary/aromatic N) is 1. The third-order valence-corrected chi connectivity index (χ3v) is 3.42. The number of nitrogens with two attached hydrogens (primary N) is 1. The first-order chi connectivity index (χ1) is 8.08. The van der Waals surface area contributed by atoms with Crippen molar-refractivity contribution in [3.8, 4) is 0 Å². The van der Waals surface area contributed by atoms with Gasteiger partial charge < -0.3 is 10.6 Å². The third kappa shape index (κ3) is 2.72. The topological polar surface area (TPSA) is 46.3 Å². The van der Waals surface area contributed by atoms with E-state index >= 15 is 0 Å². The van der Waals surface area contributed by atoms with E-state index in [4.69, 9.17) is 17.3 Å². The van der Waals surface area contributed by atoms with Crippen molar-refractivity contribution < 1.29 is 4.79 Å². The SMILES string of the molecule is C[C@H]1CCCN(C(=O)c2ccc(Cl)cc2N)C1. The van der Waals surface area contributed by atoms with E-state index in [2.05, 4.69) is 6.92 Å². The van der Waals surface area contributed by atoms with Gasteiger partial charge in [-0.3, -0.25) is 4.79 Å². The number of piperidine rings is 1. The molecule has 1 aromatic rings. The zero-order valence-electron chi connectivity index (χ0n) is 9.95. The van der Waals surface area contributed by atoms with Gasteiger partial charge in [0.1, 0.15) is 0 Å². The summed E-state index contributed by atoms with van der Waals surface area (Å²) in [4.78, 5) is 14.2. The summed E-state index contributed by atoms with van der Waals surface area (Å²) < 4.78 is 0. The molecule has 1 aliphatic heterocycles. The number of nitrogen functional groups attached to an aromatic ring is 1. The van der Waals surface area contributed by atoms with Crippen molar-refractivity contribution in [3.63, 3.8) is 0 Å². The van der Waals surface area contributed by atoms with E-state index in [-0.39, 0.29) is 5.91 Å². The van der Waals surface area contributed by atoms with E-state index in [1.165, 1.54) is 6.42 Å². The molecule has 17 heavy (non-hydrogen) atoms. The Balaban J connectivity index is 2.18. The van der Waals surface area contributed by atoms with E-state index < -0.39 is 0 Å². The number of benzene rings is 1. The fourth-order valence-electron chi connectivity index (χ4n) is 2.27. The van der Waals surface area contributed by atoms with Crippen LogP contribution in [0.5, 0.6) is 0 Å². The molecule has 2 rings (SSSR count). The van der Waals surface area contributed by atoms with Crippen LogP contribution >= 0.6 is 11.6 Å². The molecule has 1 aliphatic rings. The summed E-state index contributed by atoms with van der Waals surface area (Å²) in [5, 5.41) is 0.561. The second kappa shape index (κ2) is 4.96. The molecule has 1 amide bonds. The number of hydrogen-bond acceptors (Lipinski definition) is 2. The minimum atomic E-state index is 0.0192. The maximum absolute atomic E-state index is 12.3. The molecule has 0 spiro atoms. The van der Waals surface area contributed by atoms with E-state index in [9.17, 15) is 4.79 Å². The molecule has 0 aliphatic carbocycles. The molecule has 1 fully saturated rings. The maximum Gasteiger partial charge on any atom is 0.255 e. The molecule has 1 aromatic carbocycles. The van der Waals surface area contributed by atoms with Gasteiger partial charge in [0.2, 0.25) is 0 Å². The number of amides is 1. The minimum Gasteiger partial charge on any atom is -0.398 e. The lowest BCUT2D eigenvalue weighted by Gasteiger charge is -2.31. The van der Waals surface area contributed by atoms with Crippen LogP contribution in [0.1, 0.15) is 30.1 Å². The predicted octanol–water partition coefficient (Wildman–Crippen LogP) is 2.79. The van der Waals surface area contributed by atoms with Crippen LogP contribution in [0.4, 0.5) is 5.69 Å². The highest BCUT2D eigenvalue weighted by atomic mass is 35.5.